The van der Waals surface area contributed by atoms with Crippen LogP contribution in [0.4, 0.5) is 5.69 Å². The van der Waals surface area contributed by atoms with Gasteiger partial charge in [0, 0.05) is 43.4 Å². The number of hydrogen-bond donors (Lipinski definition) is 1. The van der Waals surface area contributed by atoms with Crippen molar-refractivity contribution in [3.05, 3.63) is 64.7 Å². The Bertz CT molecular complexity index is 815. The van der Waals surface area contributed by atoms with Gasteiger partial charge in [0.15, 0.2) is 0 Å². The second-order valence-corrected chi connectivity index (χ2v) is 8.08. The monoisotopic (exact) mass is 413 g/mol. The Morgan fingerprint density at radius 1 is 1.00 bits per heavy atom. The fraction of sp³-hybridized carbons (Fsp3) is 0.435. The SMILES string of the molecule is O=C(NCc1ccccc1N1CCCC1)C(c1ccc(Cl)cc1)N1CCOCC1. The van der Waals surface area contributed by atoms with Gasteiger partial charge in [0.1, 0.15) is 6.04 Å². The van der Waals surface area contributed by atoms with Crippen LogP contribution in [0.15, 0.2) is 48.5 Å². The number of carbonyl (C=O) groups excluding carboxylic acids is 1. The molecule has 0 aromatic heterocycles. The van der Waals surface area contributed by atoms with Gasteiger partial charge in [0.25, 0.3) is 0 Å². The van der Waals surface area contributed by atoms with Crippen LogP contribution in [0.5, 0.6) is 0 Å². The minimum Gasteiger partial charge on any atom is -0.379 e. The Morgan fingerprint density at radius 3 is 2.41 bits per heavy atom. The highest BCUT2D eigenvalue weighted by atomic mass is 35.5. The van der Waals surface area contributed by atoms with E-state index in [1.165, 1.54) is 24.1 Å². The van der Waals surface area contributed by atoms with Gasteiger partial charge in [-0.3, -0.25) is 9.69 Å². The van der Waals surface area contributed by atoms with Crippen LogP contribution in [0.25, 0.3) is 0 Å². The third-order valence-corrected chi connectivity index (χ3v) is 5.99. The highest BCUT2D eigenvalue weighted by molar-refractivity contribution is 6.30. The van der Waals surface area contributed by atoms with Crippen molar-refractivity contribution in [2.45, 2.75) is 25.4 Å². The summed E-state index contributed by atoms with van der Waals surface area (Å²) >= 11 is 6.06. The topological polar surface area (TPSA) is 44.8 Å². The number of amides is 1. The normalized spacial score (nSPS) is 18.6. The van der Waals surface area contributed by atoms with Gasteiger partial charge in [-0.05, 0) is 42.2 Å². The third kappa shape index (κ3) is 4.92. The van der Waals surface area contributed by atoms with Gasteiger partial charge in [0.2, 0.25) is 5.91 Å². The van der Waals surface area contributed by atoms with Gasteiger partial charge in [0.05, 0.1) is 13.2 Å². The van der Waals surface area contributed by atoms with Crippen molar-refractivity contribution in [1.82, 2.24) is 10.2 Å². The highest BCUT2D eigenvalue weighted by Crippen LogP contribution is 2.26. The Kier molecular flexibility index (Phi) is 6.70. The first-order chi connectivity index (χ1) is 14.2. The lowest BCUT2D eigenvalue weighted by molar-refractivity contribution is -0.128. The molecule has 0 spiro atoms. The molecule has 0 aliphatic carbocycles. The molecule has 0 bridgehead atoms. The summed E-state index contributed by atoms with van der Waals surface area (Å²) in [4.78, 5) is 17.9. The van der Waals surface area contributed by atoms with E-state index in [9.17, 15) is 4.79 Å². The standard InChI is InChI=1S/C23H28ClN3O2/c24-20-9-7-18(8-10-20)22(27-13-15-29-16-14-27)23(28)25-17-19-5-1-2-6-21(19)26-11-3-4-12-26/h1-2,5-10,22H,3-4,11-17H2,(H,25,28). The average Bonchev–Trinajstić information content (AvgIpc) is 3.30. The van der Waals surface area contributed by atoms with Crippen LogP contribution in [0.2, 0.25) is 5.02 Å². The van der Waals surface area contributed by atoms with E-state index >= 15 is 0 Å². The van der Waals surface area contributed by atoms with Crippen molar-refractivity contribution < 1.29 is 9.53 Å². The summed E-state index contributed by atoms with van der Waals surface area (Å²) in [5, 5.41) is 3.87. The highest BCUT2D eigenvalue weighted by Gasteiger charge is 2.29. The van der Waals surface area contributed by atoms with Gasteiger partial charge in [-0.25, -0.2) is 0 Å². The molecule has 1 amide bonds. The largest absolute Gasteiger partial charge is 0.379 e. The molecule has 1 unspecified atom stereocenters. The van der Waals surface area contributed by atoms with Gasteiger partial charge >= 0.3 is 0 Å². The summed E-state index contributed by atoms with van der Waals surface area (Å²) in [5.41, 5.74) is 3.36. The van der Waals surface area contributed by atoms with E-state index in [2.05, 4.69) is 33.3 Å². The van der Waals surface area contributed by atoms with Gasteiger partial charge < -0.3 is 15.0 Å². The van der Waals surface area contributed by atoms with Gasteiger partial charge in [-0.2, -0.15) is 0 Å². The molecule has 2 aromatic carbocycles. The van der Waals surface area contributed by atoms with Crippen LogP contribution >= 0.6 is 11.6 Å². The third-order valence-electron chi connectivity index (χ3n) is 5.74. The molecule has 5 nitrogen and oxygen atoms in total. The molecular weight excluding hydrogens is 386 g/mol. The Morgan fingerprint density at radius 2 is 1.69 bits per heavy atom. The van der Waals surface area contributed by atoms with Crippen molar-refractivity contribution in [3.8, 4) is 0 Å². The van der Waals surface area contributed by atoms with E-state index in [0.29, 0.717) is 24.8 Å². The number of nitrogens with one attached hydrogen (secondary N) is 1. The molecule has 2 heterocycles. The molecule has 0 saturated carbocycles. The average molecular weight is 414 g/mol. The number of nitrogens with zero attached hydrogens (tertiary/aromatic N) is 2. The number of para-hydroxylation sites is 1. The number of ether oxygens (including phenoxy) is 1. The fourth-order valence-corrected chi connectivity index (χ4v) is 4.34. The quantitative estimate of drug-likeness (QED) is 0.785. The summed E-state index contributed by atoms with van der Waals surface area (Å²) in [7, 11) is 0. The second kappa shape index (κ2) is 9.61. The minimum atomic E-state index is -0.338. The molecule has 29 heavy (non-hydrogen) atoms. The number of anilines is 1. The molecule has 154 valence electrons. The van der Waals surface area contributed by atoms with Crippen molar-refractivity contribution in [2.24, 2.45) is 0 Å². The molecule has 2 aliphatic heterocycles. The Hall–Kier alpha value is -2.08. The predicted molar refractivity (Wildman–Crippen MR) is 116 cm³/mol. The molecule has 6 heteroatoms. The van der Waals surface area contributed by atoms with Crippen LogP contribution in [0.3, 0.4) is 0 Å². The number of halogens is 1. The van der Waals surface area contributed by atoms with E-state index < -0.39 is 0 Å². The molecular formula is C23H28ClN3O2. The maximum Gasteiger partial charge on any atom is 0.242 e. The molecule has 0 radical (unpaired) electrons. The van der Waals surface area contributed by atoms with Crippen molar-refractivity contribution in [2.75, 3.05) is 44.3 Å². The second-order valence-electron chi connectivity index (χ2n) is 7.64. The molecule has 4 rings (SSSR count). The van der Waals surface area contributed by atoms with Crippen molar-refractivity contribution in [3.63, 3.8) is 0 Å². The van der Waals surface area contributed by atoms with Crippen LogP contribution in [-0.4, -0.2) is 50.2 Å². The Labute approximate surface area is 177 Å². The first-order valence-corrected chi connectivity index (χ1v) is 10.8. The van der Waals surface area contributed by atoms with Crippen LogP contribution in [0.1, 0.15) is 30.0 Å². The minimum absolute atomic E-state index is 0.0189. The zero-order chi connectivity index (χ0) is 20.1. The molecule has 2 fully saturated rings. The van der Waals surface area contributed by atoms with Gasteiger partial charge in [-0.15, -0.1) is 0 Å². The van der Waals surface area contributed by atoms with Gasteiger partial charge in [-0.1, -0.05) is 41.9 Å². The lowest BCUT2D eigenvalue weighted by Gasteiger charge is -2.34. The van der Waals surface area contributed by atoms with E-state index in [1.807, 2.05) is 30.3 Å². The molecule has 2 saturated heterocycles. The molecule has 1 atom stereocenters. The smallest absolute Gasteiger partial charge is 0.242 e. The van der Waals surface area contributed by atoms with E-state index in [0.717, 1.165) is 31.7 Å². The lowest BCUT2D eigenvalue weighted by Crippen LogP contribution is -2.45. The molecule has 2 aromatic rings. The number of hydrogen-bond acceptors (Lipinski definition) is 4. The maximum atomic E-state index is 13.3. The van der Waals surface area contributed by atoms with Crippen molar-refractivity contribution in [1.29, 1.82) is 0 Å². The Balaban J connectivity index is 1.50. The van der Waals surface area contributed by atoms with Crippen molar-refractivity contribution >= 4 is 23.2 Å². The lowest BCUT2D eigenvalue weighted by atomic mass is 10.0. The zero-order valence-corrected chi connectivity index (χ0v) is 17.4. The summed E-state index contributed by atoms with van der Waals surface area (Å²) in [6.07, 6.45) is 2.47. The number of benzene rings is 2. The number of rotatable bonds is 6. The zero-order valence-electron chi connectivity index (χ0n) is 16.6. The van der Waals surface area contributed by atoms with E-state index in [-0.39, 0.29) is 11.9 Å². The van der Waals surface area contributed by atoms with E-state index in [4.69, 9.17) is 16.3 Å². The number of morpholine rings is 1. The summed E-state index contributed by atoms with van der Waals surface area (Å²) < 4.78 is 5.49. The molecule has 1 N–H and O–H groups in total. The van der Waals surface area contributed by atoms with E-state index in [1.54, 1.807) is 0 Å². The molecule has 2 aliphatic rings. The van der Waals surface area contributed by atoms with Crippen LogP contribution in [-0.2, 0) is 16.1 Å². The maximum absolute atomic E-state index is 13.3. The number of carbonyl (C=O) groups is 1. The predicted octanol–water partition coefficient (Wildman–Crippen LogP) is 3.63. The summed E-state index contributed by atoms with van der Waals surface area (Å²) in [6.45, 7) is 5.48. The van der Waals surface area contributed by atoms with Crippen LogP contribution < -0.4 is 10.2 Å². The van der Waals surface area contributed by atoms with Crippen LogP contribution in [0, 0.1) is 0 Å². The summed E-state index contributed by atoms with van der Waals surface area (Å²) in [6, 6.07) is 15.6. The fourth-order valence-electron chi connectivity index (χ4n) is 4.21. The first kappa shape index (κ1) is 20.2. The first-order valence-electron chi connectivity index (χ1n) is 10.4. The summed E-state index contributed by atoms with van der Waals surface area (Å²) in [5.74, 6) is 0.0189.